The van der Waals surface area contributed by atoms with Crippen LogP contribution < -0.4 is 5.56 Å². The summed E-state index contributed by atoms with van der Waals surface area (Å²) in [5.74, 6) is -0.654. The van der Waals surface area contributed by atoms with Crippen molar-refractivity contribution >= 4 is 40.8 Å². The van der Waals surface area contributed by atoms with Gasteiger partial charge in [-0.15, -0.1) is 0 Å². The van der Waals surface area contributed by atoms with Crippen LogP contribution in [0.5, 0.6) is 0 Å². The lowest BCUT2D eigenvalue weighted by Crippen LogP contribution is -2.12. The molecule has 104 valence electrons. The molecule has 1 heterocycles. The maximum Gasteiger partial charge on any atom is 0.338 e. The highest BCUT2D eigenvalue weighted by atomic mass is 35.5. The SMILES string of the molecule is COC(=O)c1cc(=O)[nH]cc1-c1cc(Cl)cc(Cl)c1Cl. The van der Waals surface area contributed by atoms with Gasteiger partial charge in [0.15, 0.2) is 0 Å². The van der Waals surface area contributed by atoms with Gasteiger partial charge in [-0.2, -0.15) is 0 Å². The molecule has 20 heavy (non-hydrogen) atoms. The molecule has 0 fully saturated rings. The van der Waals surface area contributed by atoms with Gasteiger partial charge in [-0.1, -0.05) is 34.8 Å². The number of aromatic amines is 1. The largest absolute Gasteiger partial charge is 0.465 e. The second-order valence-electron chi connectivity index (χ2n) is 3.87. The number of halogens is 3. The maximum absolute atomic E-state index is 11.8. The lowest BCUT2D eigenvalue weighted by molar-refractivity contribution is 0.0601. The summed E-state index contributed by atoms with van der Waals surface area (Å²) in [6.45, 7) is 0. The van der Waals surface area contributed by atoms with E-state index < -0.39 is 11.5 Å². The Morgan fingerprint density at radius 3 is 2.50 bits per heavy atom. The van der Waals surface area contributed by atoms with Crippen molar-refractivity contribution in [1.82, 2.24) is 4.98 Å². The molecule has 0 amide bonds. The molecule has 0 aliphatic heterocycles. The molecule has 0 unspecified atom stereocenters. The highest BCUT2D eigenvalue weighted by Gasteiger charge is 2.18. The van der Waals surface area contributed by atoms with Crippen LogP contribution in [0.2, 0.25) is 15.1 Å². The second-order valence-corrected chi connectivity index (χ2v) is 5.09. The monoisotopic (exact) mass is 331 g/mol. The molecule has 2 aromatic rings. The Hall–Kier alpha value is -1.49. The zero-order valence-electron chi connectivity index (χ0n) is 10.2. The summed E-state index contributed by atoms with van der Waals surface area (Å²) in [6, 6.07) is 4.17. The van der Waals surface area contributed by atoms with Crippen LogP contribution in [0.4, 0.5) is 0 Å². The van der Waals surface area contributed by atoms with Crippen LogP contribution in [0.1, 0.15) is 10.4 Å². The fourth-order valence-electron chi connectivity index (χ4n) is 1.73. The third kappa shape index (κ3) is 2.82. The molecule has 0 saturated heterocycles. The van der Waals surface area contributed by atoms with E-state index in [9.17, 15) is 9.59 Å². The lowest BCUT2D eigenvalue weighted by Gasteiger charge is -2.10. The zero-order chi connectivity index (χ0) is 14.9. The Bertz CT molecular complexity index is 740. The Morgan fingerprint density at radius 1 is 1.15 bits per heavy atom. The summed E-state index contributed by atoms with van der Waals surface area (Å²) < 4.78 is 4.65. The van der Waals surface area contributed by atoms with Crippen LogP contribution in [-0.4, -0.2) is 18.1 Å². The van der Waals surface area contributed by atoms with Gasteiger partial charge in [-0.3, -0.25) is 4.79 Å². The number of carbonyl (C=O) groups is 1. The van der Waals surface area contributed by atoms with Gasteiger partial charge in [-0.25, -0.2) is 4.79 Å². The van der Waals surface area contributed by atoms with Crippen LogP contribution in [0.25, 0.3) is 11.1 Å². The predicted molar refractivity (Wildman–Crippen MR) is 78.9 cm³/mol. The smallest absolute Gasteiger partial charge is 0.338 e. The van der Waals surface area contributed by atoms with E-state index in [4.69, 9.17) is 34.8 Å². The minimum absolute atomic E-state index is 0.0801. The van der Waals surface area contributed by atoms with Gasteiger partial charge in [0.25, 0.3) is 0 Å². The number of pyridine rings is 1. The first kappa shape index (κ1) is 14.9. The van der Waals surface area contributed by atoms with Crippen LogP contribution >= 0.6 is 34.8 Å². The van der Waals surface area contributed by atoms with E-state index >= 15 is 0 Å². The second kappa shape index (κ2) is 5.87. The molecule has 0 atom stereocenters. The highest BCUT2D eigenvalue weighted by Crippen LogP contribution is 2.37. The number of hydrogen-bond acceptors (Lipinski definition) is 3. The van der Waals surface area contributed by atoms with E-state index in [1.165, 1.54) is 19.4 Å². The number of H-pyrrole nitrogens is 1. The molecule has 0 radical (unpaired) electrons. The van der Waals surface area contributed by atoms with Crippen molar-refractivity contribution in [2.24, 2.45) is 0 Å². The van der Waals surface area contributed by atoms with E-state index in [1.54, 1.807) is 6.07 Å². The molecule has 1 aromatic carbocycles. The quantitative estimate of drug-likeness (QED) is 0.672. The van der Waals surface area contributed by atoms with Gasteiger partial charge >= 0.3 is 5.97 Å². The zero-order valence-corrected chi connectivity index (χ0v) is 12.4. The first-order valence-corrected chi connectivity index (χ1v) is 6.53. The molecule has 0 saturated carbocycles. The first-order chi connectivity index (χ1) is 9.43. The number of rotatable bonds is 2. The standard InChI is InChI=1S/C13H8Cl3NO3/c1-20-13(19)8-4-11(18)17-5-9(8)7-2-6(14)3-10(15)12(7)16/h2-5H,1H3,(H,17,18). The number of benzene rings is 1. The average Bonchev–Trinajstić information content (AvgIpc) is 2.42. The van der Waals surface area contributed by atoms with E-state index in [-0.39, 0.29) is 15.6 Å². The van der Waals surface area contributed by atoms with Crippen molar-refractivity contribution < 1.29 is 9.53 Å². The summed E-state index contributed by atoms with van der Waals surface area (Å²) in [5, 5.41) is 0.834. The fourth-order valence-corrected chi connectivity index (χ4v) is 2.43. The van der Waals surface area contributed by atoms with Crippen molar-refractivity contribution in [3.8, 4) is 11.1 Å². The molecular weight excluding hydrogens is 325 g/mol. The molecule has 1 aromatic heterocycles. The molecule has 0 bridgehead atoms. The summed E-state index contributed by atoms with van der Waals surface area (Å²) in [6.07, 6.45) is 1.36. The van der Waals surface area contributed by atoms with E-state index in [2.05, 4.69) is 9.72 Å². The van der Waals surface area contributed by atoms with Crippen molar-refractivity contribution in [2.75, 3.05) is 7.11 Å². The summed E-state index contributed by atoms with van der Waals surface area (Å²) in [4.78, 5) is 25.6. The number of carbonyl (C=O) groups excluding carboxylic acids is 1. The minimum Gasteiger partial charge on any atom is -0.465 e. The molecule has 1 N–H and O–H groups in total. The summed E-state index contributed by atoms with van der Waals surface area (Å²) >= 11 is 18.0. The van der Waals surface area contributed by atoms with E-state index in [0.717, 1.165) is 6.07 Å². The molecule has 2 rings (SSSR count). The molecule has 7 heteroatoms. The lowest BCUT2D eigenvalue weighted by atomic mass is 10.0. The summed E-state index contributed by atoms with van der Waals surface area (Å²) in [5.41, 5.74) is 0.460. The van der Waals surface area contributed by atoms with Crippen molar-refractivity contribution in [1.29, 1.82) is 0 Å². The van der Waals surface area contributed by atoms with Crippen LogP contribution in [-0.2, 0) is 4.74 Å². The number of esters is 1. The van der Waals surface area contributed by atoms with Gasteiger partial charge in [0, 0.05) is 28.4 Å². The van der Waals surface area contributed by atoms with Crippen LogP contribution in [0.3, 0.4) is 0 Å². The van der Waals surface area contributed by atoms with Gasteiger partial charge < -0.3 is 9.72 Å². The number of hydrogen-bond donors (Lipinski definition) is 1. The molecule has 0 aliphatic rings. The number of ether oxygens (including phenoxy) is 1. The summed E-state index contributed by atoms with van der Waals surface area (Å²) in [7, 11) is 1.22. The van der Waals surface area contributed by atoms with Crippen molar-refractivity contribution in [2.45, 2.75) is 0 Å². The fraction of sp³-hybridized carbons (Fsp3) is 0.0769. The van der Waals surface area contributed by atoms with E-state index in [0.29, 0.717) is 16.1 Å². The van der Waals surface area contributed by atoms with Crippen molar-refractivity contribution in [3.63, 3.8) is 0 Å². The topological polar surface area (TPSA) is 59.2 Å². The third-order valence-corrected chi connectivity index (χ3v) is 3.63. The van der Waals surface area contributed by atoms with Crippen molar-refractivity contribution in [3.05, 3.63) is 55.4 Å². The Labute approximate surface area is 129 Å². The molecule has 0 aliphatic carbocycles. The van der Waals surface area contributed by atoms with Gasteiger partial charge in [0.1, 0.15) is 0 Å². The number of methoxy groups -OCH3 is 1. The molecule has 4 nitrogen and oxygen atoms in total. The molecular formula is C13H8Cl3NO3. The predicted octanol–water partition coefficient (Wildman–Crippen LogP) is 3.79. The van der Waals surface area contributed by atoms with E-state index in [1.807, 2.05) is 0 Å². The first-order valence-electron chi connectivity index (χ1n) is 5.40. The average molecular weight is 333 g/mol. The van der Waals surface area contributed by atoms with Crippen LogP contribution in [0.15, 0.2) is 29.2 Å². The Balaban J connectivity index is 2.76. The third-order valence-electron chi connectivity index (χ3n) is 2.61. The molecule has 0 spiro atoms. The van der Waals surface area contributed by atoms with Gasteiger partial charge in [0.2, 0.25) is 5.56 Å². The number of aromatic nitrogens is 1. The minimum atomic E-state index is -0.654. The number of nitrogens with one attached hydrogen (secondary N) is 1. The maximum atomic E-state index is 11.8. The van der Waals surface area contributed by atoms with Crippen LogP contribution in [0, 0.1) is 0 Å². The Morgan fingerprint density at radius 2 is 1.85 bits per heavy atom. The van der Waals surface area contributed by atoms with Gasteiger partial charge in [-0.05, 0) is 12.1 Å². The van der Waals surface area contributed by atoms with Gasteiger partial charge in [0.05, 0.1) is 22.7 Å². The highest BCUT2D eigenvalue weighted by molar-refractivity contribution is 6.45. The normalized spacial score (nSPS) is 10.4. The Kier molecular flexibility index (Phi) is 4.38.